The SMILES string of the molecule is C=CCN(CCO)C(=O)c1cc(N)ccc1OC. The molecule has 1 aromatic rings. The zero-order chi connectivity index (χ0) is 13.5. The molecule has 0 heterocycles. The van der Waals surface area contributed by atoms with E-state index in [-0.39, 0.29) is 19.1 Å². The van der Waals surface area contributed by atoms with E-state index in [1.54, 1.807) is 24.3 Å². The molecular formula is C13H18N2O3. The highest BCUT2D eigenvalue weighted by molar-refractivity contribution is 5.98. The van der Waals surface area contributed by atoms with Crippen molar-refractivity contribution in [1.29, 1.82) is 0 Å². The zero-order valence-electron chi connectivity index (χ0n) is 10.4. The first-order chi connectivity index (χ1) is 8.63. The van der Waals surface area contributed by atoms with Gasteiger partial charge in [0.15, 0.2) is 0 Å². The van der Waals surface area contributed by atoms with Crippen LogP contribution in [-0.2, 0) is 0 Å². The minimum atomic E-state index is -0.242. The Morgan fingerprint density at radius 3 is 2.89 bits per heavy atom. The first-order valence-electron chi connectivity index (χ1n) is 5.58. The van der Waals surface area contributed by atoms with Gasteiger partial charge in [0.25, 0.3) is 5.91 Å². The fourth-order valence-electron chi connectivity index (χ4n) is 1.62. The maximum Gasteiger partial charge on any atom is 0.258 e. The molecule has 98 valence electrons. The van der Waals surface area contributed by atoms with Crippen LogP contribution >= 0.6 is 0 Å². The van der Waals surface area contributed by atoms with Crippen molar-refractivity contribution in [1.82, 2.24) is 4.90 Å². The van der Waals surface area contributed by atoms with Gasteiger partial charge in [-0.2, -0.15) is 0 Å². The third-order valence-electron chi connectivity index (χ3n) is 2.46. The summed E-state index contributed by atoms with van der Waals surface area (Å²) in [5.74, 6) is 0.217. The Labute approximate surface area is 106 Å². The van der Waals surface area contributed by atoms with Crippen LogP contribution in [0.2, 0.25) is 0 Å². The van der Waals surface area contributed by atoms with Gasteiger partial charge in [0, 0.05) is 18.8 Å². The topological polar surface area (TPSA) is 75.8 Å². The second kappa shape index (κ2) is 6.66. The quantitative estimate of drug-likeness (QED) is 0.581. The van der Waals surface area contributed by atoms with Crippen molar-refractivity contribution < 1.29 is 14.6 Å². The van der Waals surface area contributed by atoms with Crippen LogP contribution in [0.25, 0.3) is 0 Å². The molecule has 1 aromatic carbocycles. The molecule has 5 heteroatoms. The van der Waals surface area contributed by atoms with Crippen molar-refractivity contribution in [2.75, 3.05) is 32.5 Å². The van der Waals surface area contributed by atoms with E-state index in [0.29, 0.717) is 23.5 Å². The highest BCUT2D eigenvalue weighted by Crippen LogP contribution is 2.22. The number of nitrogen functional groups attached to an aromatic ring is 1. The number of carbonyl (C=O) groups excluding carboxylic acids is 1. The van der Waals surface area contributed by atoms with Crippen LogP contribution in [0, 0.1) is 0 Å². The summed E-state index contributed by atoms with van der Waals surface area (Å²) in [4.78, 5) is 13.8. The Morgan fingerprint density at radius 2 is 2.33 bits per heavy atom. The van der Waals surface area contributed by atoms with Gasteiger partial charge in [-0.25, -0.2) is 0 Å². The first-order valence-corrected chi connectivity index (χ1v) is 5.58. The predicted octanol–water partition coefficient (Wildman–Crippen LogP) is 0.898. The van der Waals surface area contributed by atoms with Gasteiger partial charge in [-0.05, 0) is 18.2 Å². The van der Waals surface area contributed by atoms with Crippen LogP contribution in [0.15, 0.2) is 30.9 Å². The van der Waals surface area contributed by atoms with E-state index in [9.17, 15) is 4.79 Å². The van der Waals surface area contributed by atoms with Gasteiger partial charge in [-0.3, -0.25) is 4.79 Å². The van der Waals surface area contributed by atoms with Crippen LogP contribution in [-0.4, -0.2) is 42.7 Å². The number of hydrogen-bond donors (Lipinski definition) is 2. The molecule has 0 saturated heterocycles. The highest BCUT2D eigenvalue weighted by atomic mass is 16.5. The fourth-order valence-corrected chi connectivity index (χ4v) is 1.62. The Kier molecular flexibility index (Phi) is 5.20. The van der Waals surface area contributed by atoms with Crippen LogP contribution in [0.3, 0.4) is 0 Å². The van der Waals surface area contributed by atoms with Crippen LogP contribution < -0.4 is 10.5 Å². The number of carbonyl (C=O) groups is 1. The smallest absolute Gasteiger partial charge is 0.258 e. The lowest BCUT2D eigenvalue weighted by Gasteiger charge is -2.21. The van der Waals surface area contributed by atoms with Crippen LogP contribution in [0.1, 0.15) is 10.4 Å². The number of benzene rings is 1. The van der Waals surface area contributed by atoms with Crippen molar-refractivity contribution in [3.63, 3.8) is 0 Å². The van der Waals surface area contributed by atoms with Gasteiger partial charge >= 0.3 is 0 Å². The summed E-state index contributed by atoms with van der Waals surface area (Å²) >= 11 is 0. The standard InChI is InChI=1S/C13H18N2O3/c1-3-6-15(7-8-16)13(17)11-9-10(14)4-5-12(11)18-2/h3-5,9,16H,1,6-8,14H2,2H3. The lowest BCUT2D eigenvalue weighted by atomic mass is 10.1. The maximum absolute atomic E-state index is 12.3. The summed E-state index contributed by atoms with van der Waals surface area (Å²) in [5.41, 5.74) is 6.54. The lowest BCUT2D eigenvalue weighted by Crippen LogP contribution is -2.34. The molecule has 0 fully saturated rings. The summed E-state index contributed by atoms with van der Waals surface area (Å²) in [6, 6.07) is 4.88. The van der Waals surface area contributed by atoms with Gasteiger partial charge in [-0.15, -0.1) is 6.58 Å². The normalized spacial score (nSPS) is 9.89. The third kappa shape index (κ3) is 3.24. The third-order valence-corrected chi connectivity index (χ3v) is 2.46. The number of amides is 1. The van der Waals surface area contributed by atoms with E-state index >= 15 is 0 Å². The Bertz CT molecular complexity index is 432. The molecule has 0 atom stereocenters. The molecule has 0 unspecified atom stereocenters. The van der Waals surface area contributed by atoms with E-state index in [1.807, 2.05) is 0 Å². The second-order valence-corrected chi connectivity index (χ2v) is 3.72. The van der Waals surface area contributed by atoms with Gasteiger partial charge in [-0.1, -0.05) is 6.08 Å². The van der Waals surface area contributed by atoms with Crippen molar-refractivity contribution in [3.8, 4) is 5.75 Å². The second-order valence-electron chi connectivity index (χ2n) is 3.72. The van der Waals surface area contributed by atoms with Crippen molar-refractivity contribution in [2.45, 2.75) is 0 Å². The molecule has 0 bridgehead atoms. The average Bonchev–Trinajstić information content (AvgIpc) is 2.37. The maximum atomic E-state index is 12.3. The highest BCUT2D eigenvalue weighted by Gasteiger charge is 2.18. The molecule has 0 aliphatic rings. The number of ether oxygens (including phenoxy) is 1. The Morgan fingerprint density at radius 1 is 1.61 bits per heavy atom. The van der Waals surface area contributed by atoms with Crippen LogP contribution in [0.4, 0.5) is 5.69 Å². The summed E-state index contributed by atoms with van der Waals surface area (Å²) in [6.45, 7) is 4.08. The van der Waals surface area contributed by atoms with E-state index in [4.69, 9.17) is 15.6 Å². The Hall–Kier alpha value is -2.01. The molecule has 0 spiro atoms. The number of hydrogen-bond acceptors (Lipinski definition) is 4. The number of anilines is 1. The molecule has 0 radical (unpaired) electrons. The number of methoxy groups -OCH3 is 1. The molecule has 0 saturated carbocycles. The fraction of sp³-hybridized carbons (Fsp3) is 0.308. The molecule has 1 amide bonds. The summed E-state index contributed by atoms with van der Waals surface area (Å²) in [6.07, 6.45) is 1.60. The zero-order valence-corrected chi connectivity index (χ0v) is 10.4. The van der Waals surface area contributed by atoms with Gasteiger partial charge in [0.05, 0.1) is 19.3 Å². The van der Waals surface area contributed by atoms with E-state index in [2.05, 4.69) is 6.58 Å². The molecule has 0 aromatic heterocycles. The number of rotatable bonds is 6. The van der Waals surface area contributed by atoms with E-state index in [0.717, 1.165) is 0 Å². The first kappa shape index (κ1) is 14.1. The summed E-state index contributed by atoms with van der Waals surface area (Å²) in [5, 5.41) is 8.96. The monoisotopic (exact) mass is 250 g/mol. The summed E-state index contributed by atoms with van der Waals surface area (Å²) in [7, 11) is 1.49. The largest absolute Gasteiger partial charge is 0.496 e. The van der Waals surface area contributed by atoms with Crippen molar-refractivity contribution in [2.24, 2.45) is 0 Å². The Balaban J connectivity index is 3.06. The molecule has 5 nitrogen and oxygen atoms in total. The molecule has 0 aliphatic carbocycles. The molecular weight excluding hydrogens is 232 g/mol. The van der Waals surface area contributed by atoms with E-state index in [1.165, 1.54) is 12.0 Å². The average molecular weight is 250 g/mol. The van der Waals surface area contributed by atoms with Crippen molar-refractivity contribution >= 4 is 11.6 Å². The minimum Gasteiger partial charge on any atom is -0.496 e. The number of aliphatic hydroxyl groups is 1. The van der Waals surface area contributed by atoms with Crippen molar-refractivity contribution in [3.05, 3.63) is 36.4 Å². The van der Waals surface area contributed by atoms with Crippen LogP contribution in [0.5, 0.6) is 5.75 Å². The lowest BCUT2D eigenvalue weighted by molar-refractivity contribution is 0.0739. The summed E-state index contributed by atoms with van der Waals surface area (Å²) < 4.78 is 5.14. The molecule has 18 heavy (non-hydrogen) atoms. The predicted molar refractivity (Wildman–Crippen MR) is 70.6 cm³/mol. The van der Waals surface area contributed by atoms with Gasteiger partial charge < -0.3 is 20.5 Å². The van der Waals surface area contributed by atoms with E-state index < -0.39 is 0 Å². The number of aliphatic hydroxyl groups excluding tert-OH is 1. The van der Waals surface area contributed by atoms with Gasteiger partial charge in [0.2, 0.25) is 0 Å². The minimum absolute atomic E-state index is 0.107. The molecule has 1 rings (SSSR count). The molecule has 0 aliphatic heterocycles. The number of nitrogens with zero attached hydrogens (tertiary/aromatic N) is 1. The molecule has 3 N–H and O–H groups in total. The number of nitrogens with two attached hydrogens (primary N) is 1. The van der Waals surface area contributed by atoms with Gasteiger partial charge in [0.1, 0.15) is 5.75 Å².